The molecule has 0 atom stereocenters. The molecule has 1 aliphatic rings. The van der Waals surface area contributed by atoms with Gasteiger partial charge >= 0.3 is 0 Å². The van der Waals surface area contributed by atoms with E-state index in [2.05, 4.69) is 0 Å². The van der Waals surface area contributed by atoms with Crippen molar-refractivity contribution in [2.24, 2.45) is 0 Å². The minimum atomic E-state index is -3.41. The topological polar surface area (TPSA) is 71.5 Å². The Labute approximate surface area is 114 Å². The van der Waals surface area contributed by atoms with E-state index in [9.17, 15) is 16.8 Å². The van der Waals surface area contributed by atoms with Crippen LogP contribution in [0.4, 0.5) is 0 Å². The zero-order valence-corrected chi connectivity index (χ0v) is 12.9. The molecule has 0 aromatic rings. The molecule has 1 heterocycles. The number of nitrogens with zero attached hydrogens (tertiary/aromatic N) is 1. The van der Waals surface area contributed by atoms with Crippen molar-refractivity contribution in [2.45, 2.75) is 31.4 Å². The molecule has 0 saturated carbocycles. The summed E-state index contributed by atoms with van der Waals surface area (Å²) >= 11 is 5.62. The van der Waals surface area contributed by atoms with Crippen LogP contribution in [0.1, 0.15) is 26.2 Å². The van der Waals surface area contributed by atoms with Gasteiger partial charge in [0.2, 0.25) is 10.0 Å². The van der Waals surface area contributed by atoms with Gasteiger partial charge in [0.15, 0.2) is 0 Å². The summed E-state index contributed by atoms with van der Waals surface area (Å²) in [4.78, 5) is 0. The Morgan fingerprint density at radius 3 is 2.22 bits per heavy atom. The highest BCUT2D eigenvalue weighted by Crippen LogP contribution is 2.22. The van der Waals surface area contributed by atoms with Crippen molar-refractivity contribution in [3.8, 4) is 0 Å². The standard InChI is InChI=1S/C10H20ClNO4S2/c1-2-6-12(7-5-11)18(15,16)10-3-8-17(13,14)9-4-10/h10H,2-9H2,1H3. The van der Waals surface area contributed by atoms with Gasteiger partial charge < -0.3 is 0 Å². The largest absolute Gasteiger partial charge is 0.229 e. The summed E-state index contributed by atoms with van der Waals surface area (Å²) in [7, 11) is -6.45. The van der Waals surface area contributed by atoms with Crippen LogP contribution in [0.2, 0.25) is 0 Å². The second-order valence-electron chi connectivity index (χ2n) is 4.48. The van der Waals surface area contributed by atoms with Crippen molar-refractivity contribution in [2.75, 3.05) is 30.5 Å². The average molecular weight is 318 g/mol. The smallest absolute Gasteiger partial charge is 0.217 e. The van der Waals surface area contributed by atoms with E-state index in [0.29, 0.717) is 13.1 Å². The predicted octanol–water partition coefficient (Wildman–Crippen LogP) is 0.844. The first kappa shape index (κ1) is 16.2. The molecule has 0 aliphatic carbocycles. The number of sulfonamides is 1. The molecule has 0 spiro atoms. The normalized spacial score (nSPS) is 21.3. The third-order valence-electron chi connectivity index (χ3n) is 3.09. The van der Waals surface area contributed by atoms with E-state index in [1.165, 1.54) is 4.31 Å². The summed E-state index contributed by atoms with van der Waals surface area (Å²) in [5.74, 6) is 0.194. The average Bonchev–Trinajstić information content (AvgIpc) is 2.28. The molecule has 1 rings (SSSR count). The van der Waals surface area contributed by atoms with Crippen LogP contribution in [-0.2, 0) is 19.9 Å². The Morgan fingerprint density at radius 2 is 1.78 bits per heavy atom. The fraction of sp³-hybridized carbons (Fsp3) is 1.00. The van der Waals surface area contributed by atoms with Crippen molar-refractivity contribution in [1.29, 1.82) is 0 Å². The van der Waals surface area contributed by atoms with Crippen molar-refractivity contribution in [1.82, 2.24) is 4.31 Å². The van der Waals surface area contributed by atoms with Gasteiger partial charge in [-0.2, -0.15) is 0 Å². The first-order valence-electron chi connectivity index (χ1n) is 6.09. The van der Waals surface area contributed by atoms with E-state index in [-0.39, 0.29) is 30.2 Å². The van der Waals surface area contributed by atoms with Crippen LogP contribution in [0.25, 0.3) is 0 Å². The Balaban J connectivity index is 2.79. The Hall–Kier alpha value is 0.150. The van der Waals surface area contributed by atoms with Gasteiger partial charge in [-0.15, -0.1) is 11.6 Å². The molecular weight excluding hydrogens is 298 g/mol. The Morgan fingerprint density at radius 1 is 1.22 bits per heavy atom. The lowest BCUT2D eigenvalue weighted by Crippen LogP contribution is -2.43. The highest BCUT2D eigenvalue weighted by atomic mass is 35.5. The molecule has 8 heteroatoms. The summed E-state index contributed by atoms with van der Waals surface area (Å²) in [5, 5.41) is -0.573. The second kappa shape index (κ2) is 6.54. The molecular formula is C10H20ClNO4S2. The maximum absolute atomic E-state index is 12.3. The molecule has 1 fully saturated rings. The van der Waals surface area contributed by atoms with Gasteiger partial charge in [-0.3, -0.25) is 0 Å². The minimum absolute atomic E-state index is 0.0300. The molecule has 1 saturated heterocycles. The summed E-state index contributed by atoms with van der Waals surface area (Å²) in [6, 6.07) is 0. The van der Waals surface area contributed by atoms with E-state index in [4.69, 9.17) is 11.6 Å². The van der Waals surface area contributed by atoms with Crippen LogP contribution < -0.4 is 0 Å². The minimum Gasteiger partial charge on any atom is -0.229 e. The van der Waals surface area contributed by atoms with Crippen LogP contribution in [0.5, 0.6) is 0 Å². The Bertz CT molecular complexity index is 440. The van der Waals surface area contributed by atoms with Gasteiger partial charge in [0.25, 0.3) is 0 Å². The highest BCUT2D eigenvalue weighted by molar-refractivity contribution is 7.92. The number of hydrogen-bond donors (Lipinski definition) is 0. The van der Waals surface area contributed by atoms with Gasteiger partial charge in [-0.25, -0.2) is 21.1 Å². The zero-order valence-electron chi connectivity index (χ0n) is 10.5. The molecule has 5 nitrogen and oxygen atoms in total. The van der Waals surface area contributed by atoms with Crippen LogP contribution in [0.3, 0.4) is 0 Å². The molecule has 0 radical (unpaired) electrons. The first-order chi connectivity index (χ1) is 8.33. The number of sulfone groups is 1. The highest BCUT2D eigenvalue weighted by Gasteiger charge is 2.36. The van der Waals surface area contributed by atoms with E-state index in [1.807, 2.05) is 6.92 Å². The zero-order chi connectivity index (χ0) is 13.8. The van der Waals surface area contributed by atoms with Crippen LogP contribution in [-0.4, -0.2) is 56.9 Å². The lowest BCUT2D eigenvalue weighted by atomic mass is 10.2. The monoisotopic (exact) mass is 317 g/mol. The third kappa shape index (κ3) is 4.08. The van der Waals surface area contributed by atoms with E-state index >= 15 is 0 Å². The van der Waals surface area contributed by atoms with Crippen molar-refractivity contribution in [3.05, 3.63) is 0 Å². The second-order valence-corrected chi connectivity index (χ2v) is 9.38. The van der Waals surface area contributed by atoms with Crippen molar-refractivity contribution in [3.63, 3.8) is 0 Å². The summed E-state index contributed by atoms with van der Waals surface area (Å²) < 4.78 is 48.7. The van der Waals surface area contributed by atoms with E-state index < -0.39 is 25.1 Å². The fourth-order valence-corrected chi connectivity index (χ4v) is 6.22. The molecule has 0 N–H and O–H groups in total. The molecule has 0 aromatic heterocycles. The van der Waals surface area contributed by atoms with Crippen LogP contribution in [0, 0.1) is 0 Å². The van der Waals surface area contributed by atoms with Gasteiger partial charge in [-0.1, -0.05) is 6.92 Å². The van der Waals surface area contributed by atoms with Gasteiger partial charge in [0, 0.05) is 19.0 Å². The lowest BCUT2D eigenvalue weighted by molar-refractivity contribution is 0.415. The first-order valence-corrected chi connectivity index (χ1v) is 9.94. The number of hydrogen-bond acceptors (Lipinski definition) is 4. The molecule has 0 amide bonds. The van der Waals surface area contributed by atoms with Gasteiger partial charge in [0.1, 0.15) is 9.84 Å². The number of rotatable bonds is 6. The molecule has 0 aromatic carbocycles. The van der Waals surface area contributed by atoms with Gasteiger partial charge in [-0.05, 0) is 19.3 Å². The number of halogens is 1. The van der Waals surface area contributed by atoms with Crippen LogP contribution >= 0.6 is 11.6 Å². The van der Waals surface area contributed by atoms with E-state index in [1.54, 1.807) is 0 Å². The fourth-order valence-electron chi connectivity index (χ4n) is 2.09. The third-order valence-corrected chi connectivity index (χ3v) is 7.37. The maximum Gasteiger partial charge on any atom is 0.217 e. The molecule has 1 aliphatic heterocycles. The lowest BCUT2D eigenvalue weighted by Gasteiger charge is -2.29. The van der Waals surface area contributed by atoms with Crippen molar-refractivity contribution >= 4 is 31.5 Å². The number of alkyl halides is 1. The molecule has 18 heavy (non-hydrogen) atoms. The molecule has 108 valence electrons. The molecule has 0 unspecified atom stereocenters. The summed E-state index contributed by atoms with van der Waals surface area (Å²) in [5.41, 5.74) is 0. The van der Waals surface area contributed by atoms with Crippen LogP contribution in [0.15, 0.2) is 0 Å². The van der Waals surface area contributed by atoms with Crippen molar-refractivity contribution < 1.29 is 16.8 Å². The molecule has 0 bridgehead atoms. The maximum atomic E-state index is 12.3. The summed E-state index contributed by atoms with van der Waals surface area (Å²) in [6.45, 7) is 2.64. The summed E-state index contributed by atoms with van der Waals surface area (Å²) in [6.07, 6.45) is 1.13. The van der Waals surface area contributed by atoms with Gasteiger partial charge in [0.05, 0.1) is 16.8 Å². The predicted molar refractivity (Wildman–Crippen MR) is 73.2 cm³/mol. The SMILES string of the molecule is CCCN(CCCl)S(=O)(=O)C1CCS(=O)(=O)CC1. The quantitative estimate of drug-likeness (QED) is 0.681. The Kier molecular flexibility index (Phi) is 5.89. The van der Waals surface area contributed by atoms with E-state index in [0.717, 1.165) is 6.42 Å².